The fourth-order valence-electron chi connectivity index (χ4n) is 2.68. The van der Waals surface area contributed by atoms with Gasteiger partial charge in [-0.15, -0.1) is 6.42 Å². The fraction of sp³-hybridized carbons (Fsp3) is 0.429. The molecular weight excluding hydrogens is 238 g/mol. The zero-order valence-corrected chi connectivity index (χ0v) is 11.0. The lowest BCUT2D eigenvalue weighted by atomic mass is 10.2. The Hall–Kier alpha value is -2.06. The largest absolute Gasteiger partial charge is 0.354 e. The molecule has 3 rings (SSSR count). The SMILES string of the molecule is C#CCN(C)[C@@H]1CCN(c2ncnc3[nH]ccc23)C1. The van der Waals surface area contributed by atoms with Crippen LogP contribution in [0.3, 0.4) is 0 Å². The van der Waals surface area contributed by atoms with Crippen LogP contribution in [0, 0.1) is 12.3 Å². The summed E-state index contributed by atoms with van der Waals surface area (Å²) < 4.78 is 0. The topological polar surface area (TPSA) is 48.1 Å². The highest BCUT2D eigenvalue weighted by molar-refractivity contribution is 5.87. The Bertz CT molecular complexity index is 612. The molecule has 0 unspecified atom stereocenters. The molecule has 5 heteroatoms. The lowest BCUT2D eigenvalue weighted by molar-refractivity contribution is 0.290. The number of H-pyrrole nitrogens is 1. The van der Waals surface area contributed by atoms with Gasteiger partial charge in [0.05, 0.1) is 11.9 Å². The van der Waals surface area contributed by atoms with Crippen LogP contribution in [0.15, 0.2) is 18.6 Å². The van der Waals surface area contributed by atoms with Gasteiger partial charge in [-0.25, -0.2) is 9.97 Å². The third-order valence-corrected chi connectivity index (χ3v) is 3.76. The van der Waals surface area contributed by atoms with Gasteiger partial charge in [-0.3, -0.25) is 4.90 Å². The van der Waals surface area contributed by atoms with Crippen molar-refractivity contribution in [2.24, 2.45) is 0 Å². The Morgan fingerprint density at radius 3 is 3.32 bits per heavy atom. The molecule has 0 bridgehead atoms. The summed E-state index contributed by atoms with van der Waals surface area (Å²) in [6.45, 7) is 2.67. The molecule has 3 heterocycles. The highest BCUT2D eigenvalue weighted by Gasteiger charge is 2.27. The number of terminal acetylenes is 1. The smallest absolute Gasteiger partial charge is 0.142 e. The number of nitrogens with zero attached hydrogens (tertiary/aromatic N) is 4. The maximum atomic E-state index is 5.37. The van der Waals surface area contributed by atoms with Crippen molar-refractivity contribution >= 4 is 16.9 Å². The maximum Gasteiger partial charge on any atom is 0.142 e. The van der Waals surface area contributed by atoms with E-state index in [0.29, 0.717) is 12.6 Å². The first-order valence-electron chi connectivity index (χ1n) is 6.46. The quantitative estimate of drug-likeness (QED) is 0.834. The van der Waals surface area contributed by atoms with Crippen LogP contribution in [0.2, 0.25) is 0 Å². The molecule has 98 valence electrons. The van der Waals surface area contributed by atoms with Gasteiger partial charge in [0, 0.05) is 25.3 Å². The van der Waals surface area contributed by atoms with Gasteiger partial charge in [0.25, 0.3) is 0 Å². The molecule has 0 spiro atoms. The molecule has 0 amide bonds. The predicted octanol–water partition coefficient (Wildman–Crippen LogP) is 1.10. The van der Waals surface area contributed by atoms with Crippen molar-refractivity contribution in [2.75, 3.05) is 31.6 Å². The summed E-state index contributed by atoms with van der Waals surface area (Å²) in [5.74, 6) is 3.72. The van der Waals surface area contributed by atoms with E-state index < -0.39 is 0 Å². The summed E-state index contributed by atoms with van der Waals surface area (Å²) in [5, 5.41) is 1.09. The third kappa shape index (κ3) is 2.15. The Morgan fingerprint density at radius 2 is 2.47 bits per heavy atom. The van der Waals surface area contributed by atoms with E-state index >= 15 is 0 Å². The Labute approximate surface area is 112 Å². The lowest BCUT2D eigenvalue weighted by Gasteiger charge is -2.23. The molecule has 1 aliphatic rings. The van der Waals surface area contributed by atoms with Gasteiger partial charge in [0.15, 0.2) is 0 Å². The van der Waals surface area contributed by atoms with Crippen molar-refractivity contribution in [1.82, 2.24) is 19.9 Å². The number of anilines is 1. The first-order chi connectivity index (χ1) is 9.29. The maximum absolute atomic E-state index is 5.37. The van der Waals surface area contributed by atoms with E-state index in [1.807, 2.05) is 12.3 Å². The molecular formula is C14H17N5. The second kappa shape index (κ2) is 4.90. The average molecular weight is 255 g/mol. The Balaban J connectivity index is 1.81. The molecule has 2 aromatic rings. The second-order valence-corrected chi connectivity index (χ2v) is 4.94. The van der Waals surface area contributed by atoms with Crippen molar-refractivity contribution in [2.45, 2.75) is 12.5 Å². The molecule has 2 aromatic heterocycles. The number of likely N-dealkylation sites (N-methyl/N-ethyl adjacent to an activating group) is 1. The fourth-order valence-corrected chi connectivity index (χ4v) is 2.68. The monoisotopic (exact) mass is 255 g/mol. The zero-order valence-electron chi connectivity index (χ0n) is 11.0. The zero-order chi connectivity index (χ0) is 13.2. The van der Waals surface area contributed by atoms with E-state index in [1.165, 1.54) is 0 Å². The van der Waals surface area contributed by atoms with Gasteiger partial charge in [-0.05, 0) is 19.5 Å². The molecule has 1 saturated heterocycles. The minimum atomic E-state index is 0.500. The first-order valence-corrected chi connectivity index (χ1v) is 6.46. The molecule has 0 aliphatic carbocycles. The van der Waals surface area contributed by atoms with Gasteiger partial charge in [0.2, 0.25) is 0 Å². The Kier molecular flexibility index (Phi) is 3.10. The molecule has 1 aliphatic heterocycles. The molecule has 1 N–H and O–H groups in total. The van der Waals surface area contributed by atoms with Crippen molar-refractivity contribution in [3.63, 3.8) is 0 Å². The van der Waals surface area contributed by atoms with Crippen molar-refractivity contribution in [1.29, 1.82) is 0 Å². The van der Waals surface area contributed by atoms with E-state index in [0.717, 1.165) is 36.4 Å². The number of fused-ring (bicyclic) bond motifs is 1. The van der Waals surface area contributed by atoms with Gasteiger partial charge in [0.1, 0.15) is 17.8 Å². The average Bonchev–Trinajstić information content (AvgIpc) is 3.07. The van der Waals surface area contributed by atoms with Crippen molar-refractivity contribution < 1.29 is 0 Å². The second-order valence-electron chi connectivity index (χ2n) is 4.94. The summed E-state index contributed by atoms with van der Waals surface area (Å²) in [6.07, 6.45) is 10.0. The molecule has 0 aromatic carbocycles. The summed E-state index contributed by atoms with van der Waals surface area (Å²) in [7, 11) is 2.08. The van der Waals surface area contributed by atoms with E-state index in [4.69, 9.17) is 6.42 Å². The van der Waals surface area contributed by atoms with Crippen molar-refractivity contribution in [3.05, 3.63) is 18.6 Å². The van der Waals surface area contributed by atoms with Crippen LogP contribution in [0.4, 0.5) is 5.82 Å². The minimum absolute atomic E-state index is 0.500. The number of rotatable bonds is 3. The number of aromatic amines is 1. The molecule has 1 atom stereocenters. The van der Waals surface area contributed by atoms with Gasteiger partial charge >= 0.3 is 0 Å². The van der Waals surface area contributed by atoms with Crippen molar-refractivity contribution in [3.8, 4) is 12.3 Å². The van der Waals surface area contributed by atoms with Crippen LogP contribution in [0.25, 0.3) is 11.0 Å². The Morgan fingerprint density at radius 1 is 1.58 bits per heavy atom. The van der Waals surface area contributed by atoms with E-state index in [1.54, 1.807) is 6.33 Å². The summed E-state index contributed by atoms with van der Waals surface area (Å²) in [6, 6.07) is 2.53. The number of nitrogens with one attached hydrogen (secondary N) is 1. The van der Waals surface area contributed by atoms with Crippen LogP contribution >= 0.6 is 0 Å². The van der Waals surface area contributed by atoms with Crippen LogP contribution < -0.4 is 4.90 Å². The standard InChI is InChI=1S/C14H17N5/c1-3-7-18(2)11-5-8-19(9-11)14-12-4-6-15-13(12)16-10-17-14/h1,4,6,10-11H,5,7-9H2,2H3,(H,15,16,17)/t11-/m1/s1. The van der Waals surface area contributed by atoms with Crippen LogP contribution in [0.1, 0.15) is 6.42 Å². The van der Waals surface area contributed by atoms with E-state index in [9.17, 15) is 0 Å². The number of hydrogen-bond acceptors (Lipinski definition) is 4. The van der Waals surface area contributed by atoms with Gasteiger partial charge in [-0.1, -0.05) is 5.92 Å². The summed E-state index contributed by atoms with van der Waals surface area (Å²) >= 11 is 0. The number of hydrogen-bond donors (Lipinski definition) is 1. The number of aromatic nitrogens is 3. The molecule has 1 fully saturated rings. The van der Waals surface area contributed by atoms with E-state index in [-0.39, 0.29) is 0 Å². The molecule has 19 heavy (non-hydrogen) atoms. The van der Waals surface area contributed by atoms with Crippen LogP contribution in [0.5, 0.6) is 0 Å². The third-order valence-electron chi connectivity index (χ3n) is 3.76. The first kappa shape index (κ1) is 12.0. The van der Waals surface area contributed by atoms with Crippen LogP contribution in [-0.2, 0) is 0 Å². The minimum Gasteiger partial charge on any atom is -0.354 e. The lowest BCUT2D eigenvalue weighted by Crippen LogP contribution is -2.35. The van der Waals surface area contributed by atoms with Crippen LogP contribution in [-0.4, -0.2) is 52.6 Å². The highest BCUT2D eigenvalue weighted by Crippen LogP contribution is 2.26. The van der Waals surface area contributed by atoms with Gasteiger partial charge < -0.3 is 9.88 Å². The van der Waals surface area contributed by atoms with Gasteiger partial charge in [-0.2, -0.15) is 0 Å². The highest BCUT2D eigenvalue weighted by atomic mass is 15.3. The summed E-state index contributed by atoms with van der Waals surface area (Å²) in [5.41, 5.74) is 0.894. The molecule has 0 radical (unpaired) electrons. The molecule has 5 nitrogen and oxygen atoms in total. The summed E-state index contributed by atoms with van der Waals surface area (Å²) in [4.78, 5) is 16.3. The molecule has 0 saturated carbocycles. The predicted molar refractivity (Wildman–Crippen MR) is 76.0 cm³/mol. The van der Waals surface area contributed by atoms with E-state index in [2.05, 4.69) is 37.7 Å². The normalized spacial score (nSPS) is 19.2.